The molecule has 160 valence electrons. The standard InChI is InChI=1S/C20H17Cl2N5O4/c1-11-18(19(29)24-16-9-13(21)5-8-15(16)22)25-26-27(11)10-17(28)23-14-6-3-12(4-7-14)20(30)31-2/h3-9H,10H2,1-2H3,(H,23,28)(H,24,29). The number of hydrogen-bond donors (Lipinski definition) is 2. The molecule has 0 aliphatic heterocycles. The van der Waals surface area contributed by atoms with Gasteiger partial charge in [0.05, 0.1) is 29.1 Å². The second kappa shape index (κ2) is 9.59. The number of nitrogens with one attached hydrogen (secondary N) is 2. The highest BCUT2D eigenvalue weighted by molar-refractivity contribution is 6.35. The maximum Gasteiger partial charge on any atom is 0.337 e. The lowest BCUT2D eigenvalue weighted by molar-refractivity contribution is -0.117. The minimum atomic E-state index is -0.535. The Hall–Kier alpha value is -3.43. The smallest absolute Gasteiger partial charge is 0.337 e. The summed E-state index contributed by atoms with van der Waals surface area (Å²) in [7, 11) is 1.29. The van der Waals surface area contributed by atoms with Gasteiger partial charge < -0.3 is 15.4 Å². The molecule has 0 bridgehead atoms. The average molecular weight is 462 g/mol. The zero-order valence-electron chi connectivity index (χ0n) is 16.5. The number of nitrogens with zero attached hydrogens (tertiary/aromatic N) is 3. The van der Waals surface area contributed by atoms with Crippen LogP contribution < -0.4 is 10.6 Å². The molecule has 0 unspecified atom stereocenters. The number of benzene rings is 2. The lowest BCUT2D eigenvalue weighted by Crippen LogP contribution is -2.21. The van der Waals surface area contributed by atoms with Gasteiger partial charge in [0.2, 0.25) is 5.91 Å². The molecule has 31 heavy (non-hydrogen) atoms. The van der Waals surface area contributed by atoms with Crippen molar-refractivity contribution in [1.29, 1.82) is 0 Å². The Morgan fingerprint density at radius 1 is 1.06 bits per heavy atom. The number of ether oxygens (including phenoxy) is 1. The van der Waals surface area contributed by atoms with Crippen LogP contribution in [0.3, 0.4) is 0 Å². The third-order valence-corrected chi connectivity index (χ3v) is 4.82. The van der Waals surface area contributed by atoms with Gasteiger partial charge in [-0.05, 0) is 49.4 Å². The molecule has 1 heterocycles. The summed E-state index contributed by atoms with van der Waals surface area (Å²) < 4.78 is 5.93. The predicted molar refractivity (Wildman–Crippen MR) is 116 cm³/mol. The fraction of sp³-hybridized carbons (Fsp3) is 0.150. The van der Waals surface area contributed by atoms with Crippen molar-refractivity contribution < 1.29 is 19.1 Å². The molecule has 1 aromatic heterocycles. The van der Waals surface area contributed by atoms with Crippen LogP contribution in [0, 0.1) is 6.92 Å². The van der Waals surface area contributed by atoms with Crippen molar-refractivity contribution in [1.82, 2.24) is 15.0 Å². The van der Waals surface area contributed by atoms with E-state index in [0.29, 0.717) is 32.7 Å². The molecule has 0 spiro atoms. The van der Waals surface area contributed by atoms with E-state index in [9.17, 15) is 14.4 Å². The van der Waals surface area contributed by atoms with E-state index < -0.39 is 11.9 Å². The highest BCUT2D eigenvalue weighted by Crippen LogP contribution is 2.26. The average Bonchev–Trinajstić information content (AvgIpc) is 3.10. The Balaban J connectivity index is 1.65. The van der Waals surface area contributed by atoms with Crippen LogP contribution in [-0.2, 0) is 16.1 Å². The quantitative estimate of drug-likeness (QED) is 0.542. The fourth-order valence-corrected chi connectivity index (χ4v) is 2.98. The van der Waals surface area contributed by atoms with Gasteiger partial charge in [0.15, 0.2) is 5.69 Å². The first-order chi connectivity index (χ1) is 14.8. The predicted octanol–water partition coefficient (Wildman–Crippen LogP) is 3.57. The Morgan fingerprint density at radius 3 is 2.45 bits per heavy atom. The Kier molecular flexibility index (Phi) is 6.88. The maximum atomic E-state index is 12.5. The number of hydrogen-bond acceptors (Lipinski definition) is 6. The van der Waals surface area contributed by atoms with E-state index in [1.54, 1.807) is 31.2 Å². The van der Waals surface area contributed by atoms with Gasteiger partial charge in [0, 0.05) is 10.7 Å². The van der Waals surface area contributed by atoms with Crippen molar-refractivity contribution in [3.63, 3.8) is 0 Å². The third-order valence-electron chi connectivity index (χ3n) is 4.26. The van der Waals surface area contributed by atoms with Crippen LogP contribution in [0.4, 0.5) is 11.4 Å². The van der Waals surface area contributed by atoms with Crippen LogP contribution in [0.1, 0.15) is 26.5 Å². The lowest BCUT2D eigenvalue weighted by Gasteiger charge is -2.08. The van der Waals surface area contributed by atoms with Gasteiger partial charge in [0.1, 0.15) is 6.54 Å². The number of amides is 2. The number of anilines is 2. The summed E-state index contributed by atoms with van der Waals surface area (Å²) in [5.74, 6) is -1.39. The topological polar surface area (TPSA) is 115 Å². The number of esters is 1. The SMILES string of the molecule is COC(=O)c1ccc(NC(=O)Cn2nnc(C(=O)Nc3cc(Cl)ccc3Cl)c2C)cc1. The fourth-order valence-electron chi connectivity index (χ4n) is 2.64. The number of halogens is 2. The normalized spacial score (nSPS) is 10.5. The molecule has 0 saturated carbocycles. The molecule has 0 aliphatic rings. The van der Waals surface area contributed by atoms with E-state index in [-0.39, 0.29) is 18.1 Å². The number of carbonyl (C=O) groups excluding carboxylic acids is 3. The van der Waals surface area contributed by atoms with Gasteiger partial charge in [-0.3, -0.25) is 9.59 Å². The molecule has 0 radical (unpaired) electrons. The zero-order chi connectivity index (χ0) is 22.5. The van der Waals surface area contributed by atoms with Crippen LogP contribution in [0.15, 0.2) is 42.5 Å². The molecule has 0 aliphatic carbocycles. The highest BCUT2D eigenvalue weighted by Gasteiger charge is 2.19. The maximum absolute atomic E-state index is 12.5. The number of methoxy groups -OCH3 is 1. The molecule has 2 aromatic carbocycles. The summed E-state index contributed by atoms with van der Waals surface area (Å²) in [6.07, 6.45) is 0. The van der Waals surface area contributed by atoms with Gasteiger partial charge in [-0.25, -0.2) is 9.48 Å². The van der Waals surface area contributed by atoms with Crippen LogP contribution in [0.25, 0.3) is 0 Å². The molecule has 0 fully saturated rings. The first-order valence-electron chi connectivity index (χ1n) is 8.93. The first-order valence-corrected chi connectivity index (χ1v) is 9.69. The van der Waals surface area contributed by atoms with E-state index in [1.807, 2.05) is 0 Å². The second-order valence-electron chi connectivity index (χ2n) is 6.38. The number of carbonyl (C=O) groups is 3. The summed E-state index contributed by atoms with van der Waals surface area (Å²) in [6.45, 7) is 1.45. The minimum Gasteiger partial charge on any atom is -0.465 e. The first kappa shape index (κ1) is 22.3. The molecule has 11 heteroatoms. The Morgan fingerprint density at radius 2 is 1.77 bits per heavy atom. The van der Waals surface area contributed by atoms with Crippen LogP contribution >= 0.6 is 23.2 Å². The molecule has 3 rings (SSSR count). The zero-order valence-corrected chi connectivity index (χ0v) is 18.0. The van der Waals surface area contributed by atoms with E-state index in [4.69, 9.17) is 23.2 Å². The summed E-state index contributed by atoms with van der Waals surface area (Å²) in [4.78, 5) is 36.3. The van der Waals surface area contributed by atoms with Crippen molar-refractivity contribution in [2.75, 3.05) is 17.7 Å². The molecule has 9 nitrogen and oxygen atoms in total. The van der Waals surface area contributed by atoms with Crippen molar-refractivity contribution in [3.05, 3.63) is 69.5 Å². The van der Waals surface area contributed by atoms with E-state index in [1.165, 1.54) is 30.0 Å². The molecule has 0 atom stereocenters. The largest absolute Gasteiger partial charge is 0.465 e. The molecule has 2 N–H and O–H groups in total. The van der Waals surface area contributed by atoms with E-state index in [2.05, 4.69) is 25.7 Å². The van der Waals surface area contributed by atoms with E-state index in [0.717, 1.165) is 0 Å². The highest BCUT2D eigenvalue weighted by atomic mass is 35.5. The number of rotatable bonds is 6. The van der Waals surface area contributed by atoms with Crippen molar-refractivity contribution in [3.8, 4) is 0 Å². The summed E-state index contributed by atoms with van der Waals surface area (Å²) in [5, 5.41) is 13.8. The molecular weight excluding hydrogens is 445 g/mol. The monoisotopic (exact) mass is 461 g/mol. The molecular formula is C20H17Cl2N5O4. The third kappa shape index (κ3) is 5.39. The summed E-state index contributed by atoms with van der Waals surface area (Å²) in [5.41, 5.74) is 1.63. The molecule has 2 amide bonds. The molecule has 0 saturated heterocycles. The van der Waals surface area contributed by atoms with Gasteiger partial charge in [-0.1, -0.05) is 28.4 Å². The number of aromatic nitrogens is 3. The Labute approximate surface area is 187 Å². The lowest BCUT2D eigenvalue weighted by atomic mass is 10.2. The van der Waals surface area contributed by atoms with Crippen molar-refractivity contribution in [2.24, 2.45) is 0 Å². The van der Waals surface area contributed by atoms with Gasteiger partial charge >= 0.3 is 5.97 Å². The van der Waals surface area contributed by atoms with Gasteiger partial charge in [-0.2, -0.15) is 0 Å². The van der Waals surface area contributed by atoms with Crippen LogP contribution in [0.2, 0.25) is 10.0 Å². The van der Waals surface area contributed by atoms with Crippen molar-refractivity contribution >= 4 is 52.4 Å². The molecule has 3 aromatic rings. The van der Waals surface area contributed by atoms with Crippen molar-refractivity contribution in [2.45, 2.75) is 13.5 Å². The van der Waals surface area contributed by atoms with E-state index >= 15 is 0 Å². The van der Waals surface area contributed by atoms with Crippen LogP contribution in [-0.4, -0.2) is 39.9 Å². The van der Waals surface area contributed by atoms with Crippen LogP contribution in [0.5, 0.6) is 0 Å². The van der Waals surface area contributed by atoms with Gasteiger partial charge in [-0.15, -0.1) is 5.10 Å². The van der Waals surface area contributed by atoms with Gasteiger partial charge in [0.25, 0.3) is 5.91 Å². The summed E-state index contributed by atoms with van der Waals surface area (Å²) >= 11 is 12.0. The minimum absolute atomic E-state index is 0.0475. The Bertz CT molecular complexity index is 1140. The second-order valence-corrected chi connectivity index (χ2v) is 7.22. The summed E-state index contributed by atoms with van der Waals surface area (Å²) in [6, 6.07) is 10.9.